The first-order valence-electron chi connectivity index (χ1n) is 6.46. The second-order valence-electron chi connectivity index (χ2n) is 5.11. The number of carbonyl (C=O) groups excluding carboxylic acids is 1. The van der Waals surface area contributed by atoms with Crippen molar-refractivity contribution >= 4 is 5.78 Å². The molecule has 0 unspecified atom stereocenters. The molecule has 0 spiro atoms. The molecule has 21 heavy (non-hydrogen) atoms. The van der Waals surface area contributed by atoms with Gasteiger partial charge >= 0.3 is 0 Å². The van der Waals surface area contributed by atoms with Crippen LogP contribution in [0.5, 0.6) is 0 Å². The molecule has 1 aliphatic heterocycles. The van der Waals surface area contributed by atoms with Crippen LogP contribution in [0.3, 0.4) is 0 Å². The first-order chi connectivity index (χ1) is 9.82. The van der Waals surface area contributed by atoms with Crippen molar-refractivity contribution in [2.45, 2.75) is 37.1 Å². The molecule has 1 aromatic rings. The fourth-order valence-electron chi connectivity index (χ4n) is 2.41. The predicted octanol–water partition coefficient (Wildman–Crippen LogP) is -1.49. The largest absolute Gasteiger partial charge is 0.394 e. The number of benzene rings is 1. The van der Waals surface area contributed by atoms with Gasteiger partial charge in [0, 0.05) is 5.56 Å². The highest BCUT2D eigenvalue weighted by Crippen LogP contribution is 2.37. The number of aliphatic hydroxyl groups excluding tert-OH is 4. The molecule has 1 aliphatic rings. The monoisotopic (exact) mass is 298 g/mol. The number of Topliss-reactive ketones (excluding diaryl/α,β-unsaturated/α-hetero) is 1. The molecule has 7 heteroatoms. The maximum atomic E-state index is 11.4. The zero-order valence-corrected chi connectivity index (χ0v) is 11.4. The Bertz CT molecular complexity index is 532. The molecule has 1 saturated heterocycles. The Balaban J connectivity index is 2.44. The minimum Gasteiger partial charge on any atom is -0.394 e. The van der Waals surface area contributed by atoms with E-state index in [4.69, 9.17) is 9.84 Å². The Morgan fingerprint density at radius 3 is 2.57 bits per heavy atom. The molecule has 5 atom stereocenters. The summed E-state index contributed by atoms with van der Waals surface area (Å²) in [5.74, 6) is -0.255. The van der Waals surface area contributed by atoms with Gasteiger partial charge in [-0.25, -0.2) is 0 Å². The van der Waals surface area contributed by atoms with Crippen molar-refractivity contribution in [3.63, 3.8) is 0 Å². The van der Waals surface area contributed by atoms with E-state index in [2.05, 4.69) is 0 Å². The molecule has 0 saturated carbocycles. The summed E-state index contributed by atoms with van der Waals surface area (Å²) in [7, 11) is 0. The second-order valence-corrected chi connectivity index (χ2v) is 5.11. The normalized spacial score (nSPS) is 36.5. The van der Waals surface area contributed by atoms with E-state index in [1.54, 1.807) is 0 Å². The molecule has 1 heterocycles. The van der Waals surface area contributed by atoms with Crippen molar-refractivity contribution in [2.24, 2.45) is 0 Å². The molecule has 1 fully saturated rings. The number of carbonyl (C=O) groups is 1. The van der Waals surface area contributed by atoms with Crippen LogP contribution >= 0.6 is 0 Å². The molecule has 0 aliphatic carbocycles. The van der Waals surface area contributed by atoms with Gasteiger partial charge in [0.25, 0.3) is 0 Å². The van der Waals surface area contributed by atoms with Crippen LogP contribution in [0.25, 0.3) is 0 Å². The van der Waals surface area contributed by atoms with E-state index in [9.17, 15) is 25.2 Å². The lowest BCUT2D eigenvalue weighted by Crippen LogP contribution is -2.64. The van der Waals surface area contributed by atoms with Crippen LogP contribution in [0.15, 0.2) is 24.3 Å². The molecule has 7 nitrogen and oxygen atoms in total. The van der Waals surface area contributed by atoms with Gasteiger partial charge < -0.3 is 30.3 Å². The lowest BCUT2D eigenvalue weighted by Gasteiger charge is -2.46. The number of rotatable bonds is 3. The van der Waals surface area contributed by atoms with Gasteiger partial charge in [-0.1, -0.05) is 18.2 Å². The average molecular weight is 298 g/mol. The lowest BCUT2D eigenvalue weighted by molar-refractivity contribution is -0.335. The van der Waals surface area contributed by atoms with Crippen LogP contribution < -0.4 is 0 Å². The van der Waals surface area contributed by atoms with E-state index < -0.39 is 36.8 Å². The van der Waals surface area contributed by atoms with Gasteiger partial charge in [0.05, 0.1) is 6.61 Å². The SMILES string of the molecule is CC(=O)c1cccc([C@]2(O)[C@@H](O)O[C@H](CO)[C@H](O)[C@@H]2O)c1. The lowest BCUT2D eigenvalue weighted by atomic mass is 9.80. The van der Waals surface area contributed by atoms with Crippen molar-refractivity contribution in [1.29, 1.82) is 0 Å². The number of hydrogen-bond donors (Lipinski definition) is 5. The first kappa shape index (κ1) is 16.0. The highest BCUT2D eigenvalue weighted by Gasteiger charge is 2.55. The Morgan fingerprint density at radius 1 is 1.33 bits per heavy atom. The summed E-state index contributed by atoms with van der Waals surface area (Å²) < 4.78 is 4.95. The van der Waals surface area contributed by atoms with Gasteiger partial charge in [0.15, 0.2) is 17.7 Å². The van der Waals surface area contributed by atoms with Crippen LogP contribution in [0, 0.1) is 0 Å². The smallest absolute Gasteiger partial charge is 0.191 e. The fraction of sp³-hybridized carbons (Fsp3) is 0.500. The topological polar surface area (TPSA) is 127 Å². The Hall–Kier alpha value is -1.35. The maximum absolute atomic E-state index is 11.4. The van der Waals surface area contributed by atoms with Crippen molar-refractivity contribution in [3.8, 4) is 0 Å². The van der Waals surface area contributed by atoms with Gasteiger partial charge in [0.2, 0.25) is 0 Å². The summed E-state index contributed by atoms with van der Waals surface area (Å²) in [5, 5.41) is 49.5. The summed E-state index contributed by atoms with van der Waals surface area (Å²) in [5.41, 5.74) is -2.00. The fourth-order valence-corrected chi connectivity index (χ4v) is 2.41. The highest BCUT2D eigenvalue weighted by atomic mass is 16.6. The summed E-state index contributed by atoms with van der Waals surface area (Å²) in [6.07, 6.45) is -6.47. The molecule has 0 aromatic heterocycles. The van der Waals surface area contributed by atoms with E-state index in [1.165, 1.54) is 31.2 Å². The maximum Gasteiger partial charge on any atom is 0.191 e. The molecular formula is C14H18O7. The van der Waals surface area contributed by atoms with Gasteiger partial charge in [-0.2, -0.15) is 0 Å². The minimum atomic E-state index is -2.31. The van der Waals surface area contributed by atoms with Crippen LogP contribution in [0.1, 0.15) is 22.8 Å². The first-order valence-corrected chi connectivity index (χ1v) is 6.46. The molecule has 0 amide bonds. The zero-order chi connectivity index (χ0) is 15.8. The molecule has 0 bridgehead atoms. The van der Waals surface area contributed by atoms with E-state index in [0.717, 1.165) is 0 Å². The van der Waals surface area contributed by atoms with E-state index >= 15 is 0 Å². The number of ether oxygens (including phenoxy) is 1. The molecular weight excluding hydrogens is 280 g/mol. The summed E-state index contributed by atoms with van der Waals surface area (Å²) in [6, 6.07) is 5.71. The minimum absolute atomic E-state index is 0.0330. The number of ketones is 1. The predicted molar refractivity (Wildman–Crippen MR) is 70.3 cm³/mol. The van der Waals surface area contributed by atoms with Crippen LogP contribution in [-0.2, 0) is 10.3 Å². The van der Waals surface area contributed by atoms with Gasteiger partial charge in [-0.15, -0.1) is 0 Å². The van der Waals surface area contributed by atoms with E-state index in [-0.39, 0.29) is 16.9 Å². The Labute approximate surface area is 121 Å². The molecule has 2 rings (SSSR count). The van der Waals surface area contributed by atoms with Crippen molar-refractivity contribution in [1.82, 2.24) is 0 Å². The van der Waals surface area contributed by atoms with Crippen LogP contribution in [0.4, 0.5) is 0 Å². The number of aliphatic hydroxyl groups is 5. The average Bonchev–Trinajstić information content (AvgIpc) is 2.48. The highest BCUT2D eigenvalue weighted by molar-refractivity contribution is 5.94. The summed E-state index contributed by atoms with van der Waals surface area (Å²) in [4.78, 5) is 11.4. The van der Waals surface area contributed by atoms with Crippen LogP contribution in [0.2, 0.25) is 0 Å². The quantitative estimate of drug-likeness (QED) is 0.430. The van der Waals surface area contributed by atoms with Crippen molar-refractivity contribution in [2.75, 3.05) is 6.61 Å². The van der Waals surface area contributed by atoms with Crippen molar-refractivity contribution in [3.05, 3.63) is 35.4 Å². The third-order valence-corrected chi connectivity index (χ3v) is 3.75. The zero-order valence-electron chi connectivity index (χ0n) is 11.4. The molecule has 116 valence electrons. The Morgan fingerprint density at radius 2 is 2.00 bits per heavy atom. The number of hydrogen-bond acceptors (Lipinski definition) is 7. The van der Waals surface area contributed by atoms with Crippen LogP contribution in [-0.4, -0.2) is 62.5 Å². The molecule has 1 aromatic carbocycles. The third kappa shape index (κ3) is 2.59. The van der Waals surface area contributed by atoms with Gasteiger partial charge in [0.1, 0.15) is 18.3 Å². The standard InChI is InChI=1S/C14H18O7/c1-7(16)8-3-2-4-9(5-8)14(20)12(18)11(17)10(6-15)21-13(14)19/h2-5,10-13,15,17-20H,6H2,1H3/t10-,11+,12+,13+,14-/m1/s1. The summed E-state index contributed by atoms with van der Waals surface area (Å²) in [6.45, 7) is 0.711. The van der Waals surface area contributed by atoms with E-state index in [1.807, 2.05) is 0 Å². The Kier molecular flexibility index (Phi) is 4.43. The second kappa shape index (κ2) is 5.80. The molecule has 0 radical (unpaired) electrons. The molecule has 5 N–H and O–H groups in total. The third-order valence-electron chi connectivity index (χ3n) is 3.75. The van der Waals surface area contributed by atoms with Gasteiger partial charge in [-0.3, -0.25) is 4.79 Å². The van der Waals surface area contributed by atoms with Gasteiger partial charge in [-0.05, 0) is 18.6 Å². The van der Waals surface area contributed by atoms with Crippen molar-refractivity contribution < 1.29 is 35.1 Å². The summed E-state index contributed by atoms with van der Waals surface area (Å²) >= 11 is 0. The van der Waals surface area contributed by atoms with E-state index in [0.29, 0.717) is 0 Å².